The second kappa shape index (κ2) is 19.7. The number of nitro groups is 1. The molecule has 3 heterocycles. The first kappa shape index (κ1) is 44.1. The number of anilines is 1. The lowest BCUT2D eigenvalue weighted by atomic mass is 10.0. The van der Waals surface area contributed by atoms with Crippen molar-refractivity contribution in [1.82, 2.24) is 24.9 Å². The Hall–Kier alpha value is -5.97. The van der Waals surface area contributed by atoms with E-state index in [-0.39, 0.29) is 29.8 Å². The van der Waals surface area contributed by atoms with E-state index in [0.717, 1.165) is 43.8 Å². The van der Waals surface area contributed by atoms with Gasteiger partial charge in [0.25, 0.3) is 17.5 Å². The summed E-state index contributed by atoms with van der Waals surface area (Å²) in [4.78, 5) is 54.4. The van der Waals surface area contributed by atoms with Crippen molar-refractivity contribution in [1.29, 1.82) is 0 Å². The second-order valence-electron chi connectivity index (χ2n) is 15.1. The molecule has 2 aliphatic rings. The molecule has 59 heavy (non-hydrogen) atoms. The number of halogens is 3. The quantitative estimate of drug-likeness (QED) is 0.0988. The minimum Gasteiger partial charge on any atom is -0.493 e. The van der Waals surface area contributed by atoms with Gasteiger partial charge in [0.15, 0.2) is 0 Å². The van der Waals surface area contributed by atoms with Crippen molar-refractivity contribution in [3.8, 4) is 11.4 Å². The van der Waals surface area contributed by atoms with E-state index in [1.807, 2.05) is 52.0 Å². The van der Waals surface area contributed by atoms with Crippen LogP contribution >= 0.6 is 0 Å². The summed E-state index contributed by atoms with van der Waals surface area (Å²) in [7, 11) is 0. The van der Waals surface area contributed by atoms with Crippen LogP contribution in [0.5, 0.6) is 5.75 Å². The van der Waals surface area contributed by atoms with Gasteiger partial charge in [-0.15, -0.1) is 0 Å². The van der Waals surface area contributed by atoms with Crippen LogP contribution in [0.2, 0.25) is 0 Å². The van der Waals surface area contributed by atoms with Crippen LogP contribution < -0.4 is 15.0 Å². The third-order valence-electron chi connectivity index (χ3n) is 9.59. The van der Waals surface area contributed by atoms with E-state index in [2.05, 4.69) is 15.3 Å². The highest BCUT2D eigenvalue weighted by Crippen LogP contribution is 2.32. The van der Waals surface area contributed by atoms with Gasteiger partial charge in [0.05, 0.1) is 29.0 Å². The molecule has 0 radical (unpaired) electrons. The fraction of sp³-hybridized carbons (Fsp3) is 0.429. The fourth-order valence-electron chi connectivity index (χ4n) is 6.67. The van der Waals surface area contributed by atoms with E-state index in [0.29, 0.717) is 56.2 Å². The molecule has 1 fully saturated rings. The smallest absolute Gasteiger partial charge is 0.416 e. The summed E-state index contributed by atoms with van der Waals surface area (Å²) in [6.07, 6.45) is -0.858. The van der Waals surface area contributed by atoms with Gasteiger partial charge in [-0.2, -0.15) is 18.3 Å². The van der Waals surface area contributed by atoms with Gasteiger partial charge >= 0.3 is 12.3 Å². The summed E-state index contributed by atoms with van der Waals surface area (Å²) < 4.78 is 53.0. The number of rotatable bonds is 10. The number of alkyl halides is 3. The number of para-hydroxylation sites is 1. The zero-order valence-electron chi connectivity index (χ0n) is 33.6. The minimum absolute atomic E-state index is 0.137. The van der Waals surface area contributed by atoms with E-state index < -0.39 is 34.2 Å². The number of nitrogens with zero attached hydrogens (tertiary/aromatic N) is 6. The molecule has 3 amide bonds. The lowest BCUT2D eigenvalue weighted by Crippen LogP contribution is -2.50. The van der Waals surface area contributed by atoms with Crippen molar-refractivity contribution >= 4 is 29.4 Å². The Bertz CT molecular complexity index is 2060. The SMILES string of the molecule is CCN1C(=O)C(NC(=O)c2cccc(C(F)(F)F)c2)CCCc2cnn(-c3cccc(OCCCN4CCN(C(=O)OC(C)(C)C)CC4)c3)c21.O=[N+]([O-])c1ccccc1. The monoisotopic (exact) mass is 821 g/mol. The van der Waals surface area contributed by atoms with E-state index >= 15 is 0 Å². The molecule has 1 unspecified atom stereocenters. The fourth-order valence-corrected chi connectivity index (χ4v) is 6.67. The maximum Gasteiger partial charge on any atom is 0.416 e. The van der Waals surface area contributed by atoms with Gasteiger partial charge in [0.1, 0.15) is 23.2 Å². The van der Waals surface area contributed by atoms with Crippen molar-refractivity contribution < 1.29 is 42.0 Å². The molecule has 4 aromatic rings. The first-order chi connectivity index (χ1) is 28.0. The molecule has 0 saturated carbocycles. The molecule has 0 aliphatic carbocycles. The summed E-state index contributed by atoms with van der Waals surface area (Å²) in [6.45, 7) is 11.8. The summed E-state index contributed by atoms with van der Waals surface area (Å²) in [5.41, 5.74) is 0.0890. The third-order valence-corrected chi connectivity index (χ3v) is 9.59. The first-order valence-electron chi connectivity index (χ1n) is 19.5. The third kappa shape index (κ3) is 12.3. The number of ether oxygens (including phenoxy) is 2. The van der Waals surface area contributed by atoms with Gasteiger partial charge in [-0.1, -0.05) is 30.3 Å². The number of benzene rings is 3. The number of non-ortho nitro benzene ring substituents is 1. The number of likely N-dealkylation sites (N-methyl/N-ethyl adjacent to an activating group) is 1. The Labute approximate surface area is 341 Å². The summed E-state index contributed by atoms with van der Waals surface area (Å²) in [6, 6.07) is 18.6. The molecule has 17 heteroatoms. The van der Waals surface area contributed by atoms with E-state index in [1.54, 1.807) is 38.9 Å². The van der Waals surface area contributed by atoms with Crippen LogP contribution in [-0.4, -0.2) is 99.9 Å². The van der Waals surface area contributed by atoms with Crippen molar-refractivity contribution in [3.63, 3.8) is 0 Å². The summed E-state index contributed by atoms with van der Waals surface area (Å²) in [5.74, 6) is 0.119. The average molecular weight is 822 g/mol. The van der Waals surface area contributed by atoms with Gasteiger partial charge in [0, 0.05) is 68.6 Å². The maximum absolute atomic E-state index is 13.9. The number of nitrogens with one attached hydrogen (secondary N) is 1. The number of amides is 3. The molecule has 316 valence electrons. The number of carbonyl (C=O) groups is 3. The Balaban J connectivity index is 0.000000649. The van der Waals surface area contributed by atoms with Crippen molar-refractivity contribution in [2.75, 3.05) is 50.8 Å². The molecule has 6 rings (SSSR count). The Morgan fingerprint density at radius 2 is 1.68 bits per heavy atom. The van der Waals surface area contributed by atoms with Crippen LogP contribution in [0.4, 0.5) is 29.5 Å². The molecule has 1 N–H and O–H groups in total. The Kier molecular flexibility index (Phi) is 14.7. The second-order valence-corrected chi connectivity index (χ2v) is 15.1. The highest BCUT2D eigenvalue weighted by Gasteiger charge is 2.34. The molecule has 1 aromatic heterocycles. The van der Waals surface area contributed by atoms with E-state index in [4.69, 9.17) is 9.47 Å². The van der Waals surface area contributed by atoms with E-state index in [9.17, 15) is 37.7 Å². The number of hydrogen-bond acceptors (Lipinski definition) is 9. The Morgan fingerprint density at radius 1 is 0.966 bits per heavy atom. The number of nitro benzene ring substituents is 1. The molecule has 2 aliphatic heterocycles. The number of carbonyl (C=O) groups excluding carboxylic acids is 3. The molecular formula is C42H50F3N7O7. The highest BCUT2D eigenvalue weighted by atomic mass is 19.4. The minimum atomic E-state index is -4.59. The standard InChI is InChI=1S/C36H45F3N6O5.C6H5NO2/c1-5-44-32-26(11-7-15-30(33(44)47)41-31(46)25-10-6-12-27(22-25)36(37,38)39)24-40-45(32)28-13-8-14-29(23-28)49-21-9-16-42-17-19-43(20-18-42)34(48)50-35(2,3)4;8-7(9)6-4-2-1-3-5-6/h6,8,10,12-14,22-24,30H,5,7,9,11,15-21H2,1-4H3,(H,41,46);1-5H. The van der Waals surface area contributed by atoms with Gasteiger partial charge in [-0.05, 0) is 83.7 Å². The summed E-state index contributed by atoms with van der Waals surface area (Å²) >= 11 is 0. The number of piperazine rings is 1. The van der Waals surface area contributed by atoms with Gasteiger partial charge in [-0.25, -0.2) is 9.48 Å². The maximum atomic E-state index is 13.9. The highest BCUT2D eigenvalue weighted by molar-refractivity contribution is 6.02. The topological polar surface area (TPSA) is 152 Å². The van der Waals surface area contributed by atoms with Crippen molar-refractivity contribution in [3.05, 3.63) is 112 Å². The first-order valence-corrected chi connectivity index (χ1v) is 19.5. The molecule has 14 nitrogen and oxygen atoms in total. The molecule has 1 saturated heterocycles. The van der Waals surface area contributed by atoms with Crippen LogP contribution in [-0.2, 0) is 22.1 Å². The molecule has 3 aromatic carbocycles. The van der Waals surface area contributed by atoms with Crippen LogP contribution in [0, 0.1) is 10.1 Å². The largest absolute Gasteiger partial charge is 0.493 e. The average Bonchev–Trinajstić information content (AvgIpc) is 3.61. The normalized spacial score (nSPS) is 16.2. The molecule has 0 bridgehead atoms. The zero-order valence-corrected chi connectivity index (χ0v) is 33.6. The molecule has 0 spiro atoms. The number of aromatic nitrogens is 2. The number of hydrogen-bond donors (Lipinski definition) is 1. The predicted octanol–water partition coefficient (Wildman–Crippen LogP) is 7.30. The number of fused-ring (bicyclic) bond motifs is 1. The number of aryl methyl sites for hydroxylation is 1. The zero-order chi connectivity index (χ0) is 42.7. The van der Waals surface area contributed by atoms with Crippen LogP contribution in [0.1, 0.15) is 68.4 Å². The molecular weight excluding hydrogens is 771 g/mol. The summed E-state index contributed by atoms with van der Waals surface area (Å²) in [5, 5.41) is 17.3. The molecule has 1 atom stereocenters. The van der Waals surface area contributed by atoms with Crippen LogP contribution in [0.15, 0.2) is 85.1 Å². The van der Waals surface area contributed by atoms with Gasteiger partial charge in [-0.3, -0.25) is 29.5 Å². The van der Waals surface area contributed by atoms with Crippen LogP contribution in [0.3, 0.4) is 0 Å². The van der Waals surface area contributed by atoms with Crippen molar-refractivity contribution in [2.24, 2.45) is 0 Å². The van der Waals surface area contributed by atoms with Crippen LogP contribution in [0.25, 0.3) is 5.69 Å². The lowest BCUT2D eigenvalue weighted by Gasteiger charge is -2.35. The Morgan fingerprint density at radius 3 is 2.32 bits per heavy atom. The lowest BCUT2D eigenvalue weighted by molar-refractivity contribution is -0.384. The van der Waals surface area contributed by atoms with E-state index in [1.165, 1.54) is 24.3 Å². The van der Waals surface area contributed by atoms with Gasteiger partial charge in [0.2, 0.25) is 0 Å². The van der Waals surface area contributed by atoms with Crippen molar-refractivity contribution in [2.45, 2.75) is 71.2 Å². The predicted molar refractivity (Wildman–Crippen MR) is 215 cm³/mol. The van der Waals surface area contributed by atoms with Gasteiger partial charge < -0.3 is 19.7 Å².